The number of carbonyl (C=O) groups is 1. The fourth-order valence-corrected chi connectivity index (χ4v) is 1.71. The number of benzene rings is 1. The molecule has 0 fully saturated rings. The van der Waals surface area contributed by atoms with Crippen LogP contribution in [0.2, 0.25) is 0 Å². The van der Waals surface area contributed by atoms with E-state index in [2.05, 4.69) is 0 Å². The van der Waals surface area contributed by atoms with Gasteiger partial charge in [-0.1, -0.05) is 19.1 Å². The molecule has 0 spiro atoms. The Bertz CT molecular complexity index is 726. The van der Waals surface area contributed by atoms with Crippen LogP contribution in [-0.2, 0) is 6.42 Å². The van der Waals surface area contributed by atoms with E-state index >= 15 is 0 Å². The number of carboxylic acids is 1. The second kappa shape index (κ2) is 4.93. The van der Waals surface area contributed by atoms with Crippen LogP contribution in [0.1, 0.15) is 22.8 Å². The molecule has 19 heavy (non-hydrogen) atoms. The van der Waals surface area contributed by atoms with Crippen molar-refractivity contribution in [3.05, 3.63) is 62.4 Å². The van der Waals surface area contributed by atoms with Crippen molar-refractivity contribution in [1.29, 1.82) is 0 Å². The smallest absolute Gasteiger partial charge is 0.342 e. The lowest BCUT2D eigenvalue weighted by molar-refractivity contribution is 0.0694. The predicted molar refractivity (Wildman–Crippen MR) is 69.0 cm³/mol. The van der Waals surface area contributed by atoms with E-state index < -0.39 is 22.8 Å². The van der Waals surface area contributed by atoms with Crippen LogP contribution in [0.4, 0.5) is 0 Å². The summed E-state index contributed by atoms with van der Waals surface area (Å²) in [6.07, 6.45) is 1.89. The summed E-state index contributed by atoms with van der Waals surface area (Å²) >= 11 is 0. The Labute approximate surface area is 108 Å². The molecule has 6 nitrogen and oxygen atoms in total. The zero-order valence-corrected chi connectivity index (χ0v) is 10.2. The largest absolute Gasteiger partial charge is 0.477 e. The number of aromatic nitrogens is 2. The molecule has 0 aliphatic carbocycles. The Kier molecular flexibility index (Phi) is 3.33. The standard InChI is InChI=1S/C13H12N2O4/c1-2-8-3-5-9(6-4-8)15-7-10(12(17)18)11(16)14-13(15)19/h3-7H,2H2,1H3,(H,17,18)(H,14,16,19). The zero-order chi connectivity index (χ0) is 14.0. The van der Waals surface area contributed by atoms with E-state index in [0.717, 1.165) is 22.7 Å². The molecule has 0 aliphatic rings. The van der Waals surface area contributed by atoms with E-state index in [1.54, 1.807) is 12.1 Å². The summed E-state index contributed by atoms with van der Waals surface area (Å²) in [6, 6.07) is 7.08. The lowest BCUT2D eigenvalue weighted by atomic mass is 10.1. The van der Waals surface area contributed by atoms with Crippen molar-refractivity contribution in [2.75, 3.05) is 0 Å². The number of nitrogens with one attached hydrogen (secondary N) is 1. The summed E-state index contributed by atoms with van der Waals surface area (Å²) in [5.74, 6) is -1.37. The van der Waals surface area contributed by atoms with Crippen molar-refractivity contribution in [2.45, 2.75) is 13.3 Å². The molecule has 0 atom stereocenters. The third kappa shape index (κ3) is 2.47. The third-order valence-electron chi connectivity index (χ3n) is 2.80. The minimum atomic E-state index is -1.37. The Morgan fingerprint density at radius 2 is 1.89 bits per heavy atom. The number of rotatable bonds is 3. The molecule has 1 aromatic carbocycles. The van der Waals surface area contributed by atoms with Gasteiger partial charge in [0.15, 0.2) is 0 Å². The van der Waals surface area contributed by atoms with Crippen LogP contribution in [-0.4, -0.2) is 20.6 Å². The van der Waals surface area contributed by atoms with Gasteiger partial charge >= 0.3 is 11.7 Å². The van der Waals surface area contributed by atoms with Gasteiger partial charge in [-0.15, -0.1) is 0 Å². The van der Waals surface area contributed by atoms with Crippen molar-refractivity contribution in [2.24, 2.45) is 0 Å². The first-order chi connectivity index (χ1) is 9.02. The van der Waals surface area contributed by atoms with E-state index in [1.165, 1.54) is 0 Å². The van der Waals surface area contributed by atoms with Gasteiger partial charge in [0.2, 0.25) is 0 Å². The fraction of sp³-hybridized carbons (Fsp3) is 0.154. The van der Waals surface area contributed by atoms with Crippen molar-refractivity contribution in [3.8, 4) is 5.69 Å². The number of aromatic carboxylic acids is 1. The van der Waals surface area contributed by atoms with Crippen LogP contribution in [0.25, 0.3) is 5.69 Å². The van der Waals surface area contributed by atoms with E-state index in [1.807, 2.05) is 24.0 Å². The molecule has 2 rings (SSSR count). The lowest BCUT2D eigenvalue weighted by Crippen LogP contribution is -2.32. The molecule has 1 aromatic heterocycles. The maximum Gasteiger partial charge on any atom is 0.342 e. The van der Waals surface area contributed by atoms with Crippen LogP contribution in [0.15, 0.2) is 40.1 Å². The number of nitrogens with zero attached hydrogens (tertiary/aromatic N) is 1. The molecule has 0 aliphatic heterocycles. The lowest BCUT2D eigenvalue weighted by Gasteiger charge is -2.06. The first kappa shape index (κ1) is 12.8. The van der Waals surface area contributed by atoms with E-state index in [-0.39, 0.29) is 0 Å². The van der Waals surface area contributed by atoms with Gasteiger partial charge in [0.25, 0.3) is 5.56 Å². The molecule has 98 valence electrons. The van der Waals surface area contributed by atoms with Crippen molar-refractivity contribution in [3.63, 3.8) is 0 Å². The SMILES string of the molecule is CCc1ccc(-n2cc(C(=O)O)c(=O)[nH]c2=O)cc1. The molecule has 6 heteroatoms. The molecule has 0 unspecified atom stereocenters. The van der Waals surface area contributed by atoms with Gasteiger partial charge in [0.05, 0.1) is 5.69 Å². The summed E-state index contributed by atoms with van der Waals surface area (Å²) in [5, 5.41) is 8.87. The van der Waals surface area contributed by atoms with Crippen molar-refractivity contribution < 1.29 is 9.90 Å². The highest BCUT2D eigenvalue weighted by Gasteiger charge is 2.12. The number of aromatic amines is 1. The minimum Gasteiger partial charge on any atom is -0.477 e. The number of hydrogen-bond acceptors (Lipinski definition) is 3. The van der Waals surface area contributed by atoms with E-state index in [9.17, 15) is 14.4 Å². The molecule has 1 heterocycles. The maximum absolute atomic E-state index is 11.7. The molecular weight excluding hydrogens is 248 g/mol. The topological polar surface area (TPSA) is 92.2 Å². The summed E-state index contributed by atoms with van der Waals surface area (Å²) in [4.78, 5) is 35.9. The number of carboxylic acid groups (broad SMARTS) is 1. The van der Waals surface area contributed by atoms with Gasteiger partial charge in [-0.2, -0.15) is 0 Å². The fourth-order valence-electron chi connectivity index (χ4n) is 1.71. The minimum absolute atomic E-state index is 0.473. The average molecular weight is 260 g/mol. The van der Waals surface area contributed by atoms with Gasteiger partial charge in [-0.25, -0.2) is 9.59 Å². The molecule has 0 bridgehead atoms. The van der Waals surface area contributed by atoms with E-state index in [0.29, 0.717) is 5.69 Å². The molecule has 0 saturated carbocycles. The van der Waals surface area contributed by atoms with Gasteiger partial charge in [-0.3, -0.25) is 14.3 Å². The Morgan fingerprint density at radius 1 is 1.26 bits per heavy atom. The summed E-state index contributed by atoms with van der Waals surface area (Å²) < 4.78 is 1.10. The molecule has 0 amide bonds. The molecular formula is C13H12N2O4. The Morgan fingerprint density at radius 3 is 2.42 bits per heavy atom. The number of hydrogen-bond donors (Lipinski definition) is 2. The van der Waals surface area contributed by atoms with Crippen LogP contribution < -0.4 is 11.2 Å². The highest BCUT2D eigenvalue weighted by molar-refractivity contribution is 5.86. The molecule has 2 aromatic rings. The molecule has 0 saturated heterocycles. The number of aryl methyl sites for hydroxylation is 1. The van der Waals surface area contributed by atoms with Crippen LogP contribution in [0, 0.1) is 0 Å². The normalized spacial score (nSPS) is 10.4. The predicted octanol–water partition coefficient (Wildman–Crippen LogP) is 0.786. The van der Waals surface area contributed by atoms with Gasteiger partial charge in [-0.05, 0) is 24.1 Å². The molecule has 0 radical (unpaired) electrons. The van der Waals surface area contributed by atoms with Crippen molar-refractivity contribution in [1.82, 2.24) is 9.55 Å². The third-order valence-corrected chi connectivity index (χ3v) is 2.80. The highest BCUT2D eigenvalue weighted by atomic mass is 16.4. The zero-order valence-electron chi connectivity index (χ0n) is 10.2. The van der Waals surface area contributed by atoms with Crippen LogP contribution >= 0.6 is 0 Å². The average Bonchev–Trinajstić information content (AvgIpc) is 2.38. The van der Waals surface area contributed by atoms with E-state index in [4.69, 9.17) is 5.11 Å². The monoisotopic (exact) mass is 260 g/mol. The summed E-state index contributed by atoms with van der Waals surface area (Å²) in [6.45, 7) is 2.00. The molecule has 2 N–H and O–H groups in total. The first-order valence-corrected chi connectivity index (χ1v) is 5.71. The highest BCUT2D eigenvalue weighted by Crippen LogP contribution is 2.08. The Hall–Kier alpha value is -2.63. The summed E-state index contributed by atoms with van der Waals surface area (Å²) in [5.41, 5.74) is -0.446. The van der Waals surface area contributed by atoms with Crippen LogP contribution in [0.5, 0.6) is 0 Å². The van der Waals surface area contributed by atoms with Crippen molar-refractivity contribution >= 4 is 5.97 Å². The first-order valence-electron chi connectivity index (χ1n) is 5.71. The second-order valence-corrected chi connectivity index (χ2v) is 4.00. The van der Waals surface area contributed by atoms with Crippen LogP contribution in [0.3, 0.4) is 0 Å². The van der Waals surface area contributed by atoms with Gasteiger partial charge in [0.1, 0.15) is 5.56 Å². The van der Waals surface area contributed by atoms with Gasteiger partial charge in [0, 0.05) is 6.20 Å². The van der Waals surface area contributed by atoms with Gasteiger partial charge < -0.3 is 5.11 Å². The number of H-pyrrole nitrogens is 1. The maximum atomic E-state index is 11.7. The summed E-state index contributed by atoms with van der Waals surface area (Å²) in [7, 11) is 0. The second-order valence-electron chi connectivity index (χ2n) is 4.00. The quantitative estimate of drug-likeness (QED) is 0.853. The Balaban J connectivity index is 2.61.